The summed E-state index contributed by atoms with van der Waals surface area (Å²) in [6.07, 6.45) is 6.15. The third kappa shape index (κ3) is 5.16. The highest BCUT2D eigenvalue weighted by molar-refractivity contribution is 7.82. The Morgan fingerprint density at radius 1 is 1.10 bits per heavy atom. The highest BCUT2D eigenvalue weighted by atomic mass is 35.5. The number of nitrogens with zero attached hydrogens (tertiary/aromatic N) is 2. The van der Waals surface area contributed by atoms with Crippen molar-refractivity contribution in [3.8, 4) is 0 Å². The van der Waals surface area contributed by atoms with Gasteiger partial charge in [-0.15, -0.1) is 0 Å². The van der Waals surface area contributed by atoms with Gasteiger partial charge in [0.2, 0.25) is 5.91 Å². The zero-order valence-corrected chi connectivity index (χ0v) is 17.9. The van der Waals surface area contributed by atoms with E-state index in [1.807, 2.05) is 12.1 Å². The van der Waals surface area contributed by atoms with Gasteiger partial charge in [-0.05, 0) is 55.3 Å². The molecule has 3 rings (SSSR count). The second-order valence-electron chi connectivity index (χ2n) is 7.22. The monoisotopic (exact) mass is 432 g/mol. The SMILES string of the molecule is CN(c1ccc(NC(=O)N(S)c2ccc(C(N)=O)cc2)cc1Cl)C1CCCCC1. The zero-order valence-electron chi connectivity index (χ0n) is 16.3. The first-order chi connectivity index (χ1) is 13.9. The van der Waals surface area contributed by atoms with Gasteiger partial charge in [-0.3, -0.25) is 4.79 Å². The molecule has 0 aromatic heterocycles. The molecule has 0 heterocycles. The number of nitrogens with one attached hydrogen (secondary N) is 1. The molecule has 1 saturated carbocycles. The molecule has 0 unspecified atom stereocenters. The number of carbonyl (C=O) groups is 2. The van der Waals surface area contributed by atoms with E-state index in [1.54, 1.807) is 30.3 Å². The molecule has 3 amide bonds. The Morgan fingerprint density at radius 2 is 1.76 bits per heavy atom. The number of nitrogens with two attached hydrogens (primary N) is 1. The number of carbonyl (C=O) groups excluding carboxylic acids is 2. The summed E-state index contributed by atoms with van der Waals surface area (Å²) in [4.78, 5) is 25.9. The first-order valence-electron chi connectivity index (χ1n) is 9.59. The summed E-state index contributed by atoms with van der Waals surface area (Å²) < 4.78 is 1.15. The summed E-state index contributed by atoms with van der Waals surface area (Å²) in [7, 11) is 2.07. The molecule has 8 heteroatoms. The molecule has 0 bridgehead atoms. The molecule has 2 aromatic rings. The third-order valence-corrected chi connectivity index (χ3v) is 6.01. The van der Waals surface area contributed by atoms with Gasteiger partial charge in [0.1, 0.15) is 0 Å². The minimum atomic E-state index is -0.528. The van der Waals surface area contributed by atoms with Gasteiger partial charge in [-0.2, -0.15) is 0 Å². The fourth-order valence-electron chi connectivity index (χ4n) is 3.60. The molecule has 0 spiro atoms. The van der Waals surface area contributed by atoms with Crippen LogP contribution >= 0.6 is 24.4 Å². The lowest BCUT2D eigenvalue weighted by Gasteiger charge is -2.33. The Balaban J connectivity index is 1.67. The van der Waals surface area contributed by atoms with E-state index in [4.69, 9.17) is 17.3 Å². The van der Waals surface area contributed by atoms with Crippen molar-refractivity contribution in [1.82, 2.24) is 0 Å². The summed E-state index contributed by atoms with van der Waals surface area (Å²) in [5.74, 6) is -0.528. The standard InChI is InChI=1S/C21H25ClN4O2S/c1-25(16-5-3-2-4-6-16)19-12-9-15(13-18(19)22)24-21(28)26(29)17-10-7-14(8-11-17)20(23)27/h7-13,16,29H,2-6H2,1H3,(H2,23,27)(H,24,28). The van der Waals surface area contributed by atoms with Gasteiger partial charge in [-0.25, -0.2) is 9.10 Å². The van der Waals surface area contributed by atoms with Crippen LogP contribution in [0.2, 0.25) is 5.02 Å². The van der Waals surface area contributed by atoms with Crippen molar-refractivity contribution in [2.24, 2.45) is 5.73 Å². The van der Waals surface area contributed by atoms with E-state index < -0.39 is 11.9 Å². The lowest BCUT2D eigenvalue weighted by molar-refractivity contribution is 0.100. The van der Waals surface area contributed by atoms with Crippen molar-refractivity contribution in [2.75, 3.05) is 21.6 Å². The van der Waals surface area contributed by atoms with Crippen LogP contribution in [0.4, 0.5) is 21.9 Å². The van der Waals surface area contributed by atoms with E-state index in [1.165, 1.54) is 32.1 Å². The molecule has 1 aliphatic carbocycles. The number of amides is 3. The highest BCUT2D eigenvalue weighted by Gasteiger charge is 2.20. The third-order valence-electron chi connectivity index (χ3n) is 5.29. The molecule has 29 heavy (non-hydrogen) atoms. The van der Waals surface area contributed by atoms with Crippen molar-refractivity contribution in [3.63, 3.8) is 0 Å². The number of hydrogen-bond donors (Lipinski definition) is 3. The average molecular weight is 433 g/mol. The van der Waals surface area contributed by atoms with E-state index >= 15 is 0 Å². The summed E-state index contributed by atoms with van der Waals surface area (Å²) in [5, 5.41) is 3.37. The summed E-state index contributed by atoms with van der Waals surface area (Å²) in [6.45, 7) is 0. The molecule has 1 fully saturated rings. The van der Waals surface area contributed by atoms with Gasteiger partial charge < -0.3 is 16.0 Å². The number of anilines is 3. The van der Waals surface area contributed by atoms with Gasteiger partial charge in [0, 0.05) is 24.3 Å². The Morgan fingerprint density at radius 3 is 2.34 bits per heavy atom. The topological polar surface area (TPSA) is 78.7 Å². The molecule has 3 N–H and O–H groups in total. The number of halogens is 1. The number of hydrogen-bond acceptors (Lipinski definition) is 4. The normalized spacial score (nSPS) is 14.3. The van der Waals surface area contributed by atoms with E-state index in [9.17, 15) is 9.59 Å². The number of primary amides is 1. The summed E-state index contributed by atoms with van der Waals surface area (Å²) in [5.41, 5.74) is 7.64. The molecule has 0 radical (unpaired) electrons. The summed E-state index contributed by atoms with van der Waals surface area (Å²) in [6, 6.07) is 11.8. The van der Waals surface area contributed by atoms with Crippen LogP contribution in [0.3, 0.4) is 0 Å². The van der Waals surface area contributed by atoms with Crippen molar-refractivity contribution in [3.05, 3.63) is 53.1 Å². The molecule has 0 saturated heterocycles. The van der Waals surface area contributed by atoms with E-state index in [0.717, 1.165) is 9.99 Å². The Bertz CT molecular complexity index is 885. The molecular formula is C21H25ClN4O2S. The minimum Gasteiger partial charge on any atom is -0.370 e. The Labute approximate surface area is 181 Å². The minimum absolute atomic E-state index is 0.361. The average Bonchev–Trinajstić information content (AvgIpc) is 2.73. The molecule has 2 aromatic carbocycles. The van der Waals surface area contributed by atoms with Crippen LogP contribution < -0.4 is 20.3 Å². The van der Waals surface area contributed by atoms with Crippen LogP contribution in [0, 0.1) is 0 Å². The predicted molar refractivity (Wildman–Crippen MR) is 122 cm³/mol. The lowest BCUT2D eigenvalue weighted by Crippen LogP contribution is -2.33. The van der Waals surface area contributed by atoms with Crippen LogP contribution in [0.25, 0.3) is 0 Å². The molecule has 154 valence electrons. The van der Waals surface area contributed by atoms with Crippen LogP contribution in [0.15, 0.2) is 42.5 Å². The van der Waals surface area contributed by atoms with Crippen LogP contribution in [0.5, 0.6) is 0 Å². The first kappa shape index (κ1) is 21.3. The lowest BCUT2D eigenvalue weighted by atomic mass is 9.94. The molecule has 1 aliphatic rings. The van der Waals surface area contributed by atoms with Gasteiger partial charge in [0.05, 0.1) is 16.4 Å². The summed E-state index contributed by atoms with van der Waals surface area (Å²) >= 11 is 10.7. The van der Waals surface area contributed by atoms with Crippen molar-refractivity contribution in [2.45, 2.75) is 38.1 Å². The molecule has 0 atom stereocenters. The molecular weight excluding hydrogens is 408 g/mol. The maximum atomic E-state index is 12.5. The molecule has 6 nitrogen and oxygen atoms in total. The Kier molecular flexibility index (Phi) is 6.92. The van der Waals surface area contributed by atoms with Crippen LogP contribution in [0.1, 0.15) is 42.5 Å². The second-order valence-corrected chi connectivity index (χ2v) is 8.03. The van der Waals surface area contributed by atoms with E-state index in [-0.39, 0.29) is 0 Å². The first-order valence-corrected chi connectivity index (χ1v) is 10.4. The molecule has 0 aliphatic heterocycles. The largest absolute Gasteiger partial charge is 0.370 e. The zero-order chi connectivity index (χ0) is 21.0. The van der Waals surface area contributed by atoms with Gasteiger partial charge in [-0.1, -0.05) is 43.7 Å². The fraction of sp³-hybridized carbons (Fsp3) is 0.333. The Hall–Kier alpha value is -2.38. The quantitative estimate of drug-likeness (QED) is 0.575. The number of benzene rings is 2. The van der Waals surface area contributed by atoms with Crippen molar-refractivity contribution >= 4 is 53.4 Å². The maximum absolute atomic E-state index is 12.5. The number of thiol groups is 1. The smallest absolute Gasteiger partial charge is 0.336 e. The van der Waals surface area contributed by atoms with E-state index in [2.05, 4.69) is 30.1 Å². The predicted octanol–water partition coefficient (Wildman–Crippen LogP) is 5.09. The van der Waals surface area contributed by atoms with Crippen molar-refractivity contribution < 1.29 is 9.59 Å². The van der Waals surface area contributed by atoms with Gasteiger partial charge >= 0.3 is 6.03 Å². The fourth-order valence-corrected chi connectivity index (χ4v) is 4.09. The number of urea groups is 1. The van der Waals surface area contributed by atoms with Gasteiger partial charge in [0.25, 0.3) is 0 Å². The number of rotatable bonds is 5. The van der Waals surface area contributed by atoms with Crippen molar-refractivity contribution in [1.29, 1.82) is 0 Å². The maximum Gasteiger partial charge on any atom is 0.336 e. The highest BCUT2D eigenvalue weighted by Crippen LogP contribution is 2.33. The van der Waals surface area contributed by atoms with Crippen LogP contribution in [-0.4, -0.2) is 25.0 Å². The van der Waals surface area contributed by atoms with E-state index in [0.29, 0.717) is 28.0 Å². The van der Waals surface area contributed by atoms with Gasteiger partial charge in [0.15, 0.2) is 0 Å². The second kappa shape index (κ2) is 9.41. The van der Waals surface area contributed by atoms with Crippen LogP contribution in [-0.2, 0) is 0 Å².